The summed E-state index contributed by atoms with van der Waals surface area (Å²) >= 11 is 3.69. The fourth-order valence-electron chi connectivity index (χ4n) is 1.20. The molecule has 0 spiro atoms. The van der Waals surface area contributed by atoms with Gasteiger partial charge in [-0.15, -0.1) is 34.0 Å². The molecule has 129 valence electrons. The summed E-state index contributed by atoms with van der Waals surface area (Å²) in [5.41, 5.74) is 0. The number of aromatic carboxylic acids is 3. The van der Waals surface area contributed by atoms with Gasteiger partial charge >= 0.3 is 17.9 Å². The van der Waals surface area contributed by atoms with Crippen LogP contribution >= 0.6 is 34.0 Å². The third-order valence-corrected chi connectivity index (χ3v) is 4.77. The summed E-state index contributed by atoms with van der Waals surface area (Å²) in [5, 5.41) is 30.1. The Kier molecular flexibility index (Phi) is 12.3. The van der Waals surface area contributed by atoms with Crippen molar-refractivity contribution in [2.75, 3.05) is 0 Å². The molecule has 0 aromatic carbocycles. The van der Waals surface area contributed by atoms with Crippen LogP contribution in [0.15, 0.2) is 52.5 Å². The smallest absolute Gasteiger partial charge is 0.345 e. The molecule has 25 heavy (non-hydrogen) atoms. The van der Waals surface area contributed by atoms with E-state index in [1.165, 1.54) is 34.0 Å². The van der Waals surface area contributed by atoms with E-state index in [9.17, 15) is 14.4 Å². The average Bonchev–Trinajstić information content (AvgIpc) is 3.29. The van der Waals surface area contributed by atoms with Crippen molar-refractivity contribution in [1.29, 1.82) is 0 Å². The molecule has 3 aromatic rings. The molecule has 0 aliphatic carbocycles. The molecule has 3 aromatic heterocycles. The first kappa shape index (κ1) is 23.7. The van der Waals surface area contributed by atoms with Crippen LogP contribution in [0.2, 0.25) is 0 Å². The van der Waals surface area contributed by atoms with Crippen molar-refractivity contribution >= 4 is 51.9 Å². The fraction of sp³-hybridized carbons (Fsp3) is 0. The van der Waals surface area contributed by atoms with E-state index in [0.717, 1.165) is 0 Å². The van der Waals surface area contributed by atoms with Crippen LogP contribution in [0.5, 0.6) is 0 Å². The molecule has 0 aliphatic heterocycles. The summed E-state index contributed by atoms with van der Waals surface area (Å²) in [6.07, 6.45) is 0. The van der Waals surface area contributed by atoms with Crippen molar-refractivity contribution in [3.63, 3.8) is 0 Å². The van der Waals surface area contributed by atoms with Crippen LogP contribution in [-0.2, 0) is 0 Å². The molecule has 0 saturated carbocycles. The van der Waals surface area contributed by atoms with Crippen molar-refractivity contribution in [2.24, 2.45) is 0 Å². The van der Waals surface area contributed by atoms with Gasteiger partial charge in [-0.05, 0) is 34.3 Å². The molecular formula is C15H12LaO6S3. The summed E-state index contributed by atoms with van der Waals surface area (Å²) < 4.78 is 0. The van der Waals surface area contributed by atoms with E-state index in [4.69, 9.17) is 15.3 Å². The second-order valence-corrected chi connectivity index (χ2v) is 6.69. The molecule has 0 unspecified atom stereocenters. The molecule has 10 heteroatoms. The zero-order valence-corrected chi connectivity index (χ0v) is 18.6. The predicted octanol–water partition coefficient (Wildman–Crippen LogP) is 4.34. The Morgan fingerprint density at radius 2 is 0.840 bits per heavy atom. The Labute approximate surface area is 183 Å². The van der Waals surface area contributed by atoms with Gasteiger partial charge in [-0.1, -0.05) is 18.2 Å². The number of carboxylic acid groups (broad SMARTS) is 3. The largest absolute Gasteiger partial charge is 0.477 e. The van der Waals surface area contributed by atoms with Gasteiger partial charge in [0.05, 0.1) is 0 Å². The van der Waals surface area contributed by atoms with E-state index in [1.807, 2.05) is 0 Å². The minimum absolute atomic E-state index is 0. The number of hydrogen-bond acceptors (Lipinski definition) is 6. The monoisotopic (exact) mass is 523 g/mol. The Hall–Kier alpha value is -1.30. The van der Waals surface area contributed by atoms with E-state index in [-0.39, 0.29) is 35.6 Å². The van der Waals surface area contributed by atoms with Gasteiger partial charge in [0.25, 0.3) is 0 Å². The third-order valence-electron chi connectivity index (χ3n) is 2.20. The molecule has 0 bridgehead atoms. The van der Waals surface area contributed by atoms with Gasteiger partial charge in [0, 0.05) is 35.6 Å². The number of thiophene rings is 3. The Balaban J connectivity index is 0.000000339. The molecule has 0 aliphatic rings. The average molecular weight is 523 g/mol. The topological polar surface area (TPSA) is 112 Å². The van der Waals surface area contributed by atoms with Gasteiger partial charge in [0.1, 0.15) is 14.6 Å². The van der Waals surface area contributed by atoms with E-state index < -0.39 is 17.9 Å². The summed E-state index contributed by atoms with van der Waals surface area (Å²) in [6.45, 7) is 0. The molecule has 0 atom stereocenters. The maximum Gasteiger partial charge on any atom is 0.345 e. The van der Waals surface area contributed by atoms with Gasteiger partial charge in [0.15, 0.2) is 0 Å². The number of carboxylic acids is 3. The number of hydrogen-bond donors (Lipinski definition) is 3. The van der Waals surface area contributed by atoms with Crippen LogP contribution in [0, 0.1) is 35.6 Å². The summed E-state index contributed by atoms with van der Waals surface area (Å²) in [7, 11) is 0. The number of carbonyl (C=O) groups is 3. The van der Waals surface area contributed by atoms with Crippen molar-refractivity contribution in [1.82, 2.24) is 0 Å². The molecule has 1 radical (unpaired) electrons. The van der Waals surface area contributed by atoms with Crippen molar-refractivity contribution in [3.05, 3.63) is 67.2 Å². The van der Waals surface area contributed by atoms with Crippen LogP contribution in [0.25, 0.3) is 0 Å². The van der Waals surface area contributed by atoms with E-state index >= 15 is 0 Å². The maximum atomic E-state index is 10.1. The molecule has 3 N–H and O–H groups in total. The molecule has 3 rings (SSSR count). The second-order valence-electron chi connectivity index (χ2n) is 3.85. The normalized spacial score (nSPS) is 8.64. The quantitative estimate of drug-likeness (QED) is 0.471. The van der Waals surface area contributed by atoms with Gasteiger partial charge in [-0.2, -0.15) is 0 Å². The van der Waals surface area contributed by atoms with Crippen molar-refractivity contribution < 1.29 is 65.3 Å². The predicted molar refractivity (Wildman–Crippen MR) is 93.8 cm³/mol. The summed E-state index contributed by atoms with van der Waals surface area (Å²) in [5.74, 6) is -2.54. The standard InChI is InChI=1S/3C5H4O2S.La/c3*6-5(7)4-2-1-3-8-4;/h3*1-3H,(H,6,7);. The van der Waals surface area contributed by atoms with Gasteiger partial charge in [0.2, 0.25) is 0 Å². The van der Waals surface area contributed by atoms with Crippen molar-refractivity contribution in [2.45, 2.75) is 0 Å². The minimum atomic E-state index is -0.847. The molecule has 0 saturated heterocycles. The number of rotatable bonds is 3. The first-order valence-corrected chi connectivity index (χ1v) is 8.86. The van der Waals surface area contributed by atoms with Gasteiger partial charge in [-0.25, -0.2) is 14.4 Å². The third kappa shape index (κ3) is 9.68. The van der Waals surface area contributed by atoms with Crippen LogP contribution in [0.3, 0.4) is 0 Å². The first-order chi connectivity index (χ1) is 11.4. The van der Waals surface area contributed by atoms with E-state index in [0.29, 0.717) is 14.6 Å². The van der Waals surface area contributed by atoms with E-state index in [2.05, 4.69) is 0 Å². The SMILES string of the molecule is O=C(O)c1cccs1.O=C(O)c1cccs1.O=C(O)c1cccs1.[La]. The molecule has 0 amide bonds. The van der Waals surface area contributed by atoms with Crippen molar-refractivity contribution in [3.8, 4) is 0 Å². The van der Waals surface area contributed by atoms with Crippen LogP contribution < -0.4 is 0 Å². The van der Waals surface area contributed by atoms with Crippen LogP contribution in [0.4, 0.5) is 0 Å². The Bertz CT molecular complexity index is 646. The summed E-state index contributed by atoms with van der Waals surface area (Å²) in [4.78, 5) is 31.4. The van der Waals surface area contributed by atoms with Crippen LogP contribution in [-0.4, -0.2) is 33.2 Å². The van der Waals surface area contributed by atoms with Crippen LogP contribution in [0.1, 0.15) is 29.0 Å². The summed E-state index contributed by atoms with van der Waals surface area (Å²) in [6, 6.07) is 9.88. The molecule has 6 nitrogen and oxygen atoms in total. The maximum absolute atomic E-state index is 10.1. The van der Waals surface area contributed by atoms with Gasteiger partial charge in [-0.3, -0.25) is 0 Å². The second kappa shape index (κ2) is 13.0. The Morgan fingerprint density at radius 1 is 0.600 bits per heavy atom. The zero-order chi connectivity index (χ0) is 17.9. The van der Waals surface area contributed by atoms with E-state index in [1.54, 1.807) is 52.5 Å². The molecular weight excluding hydrogens is 511 g/mol. The van der Waals surface area contributed by atoms with Gasteiger partial charge < -0.3 is 15.3 Å². The molecule has 3 heterocycles. The minimum Gasteiger partial charge on any atom is -0.477 e. The first-order valence-electron chi connectivity index (χ1n) is 6.22. The fourth-order valence-corrected chi connectivity index (χ4v) is 2.89. The Morgan fingerprint density at radius 3 is 0.920 bits per heavy atom. The molecule has 0 fully saturated rings. The zero-order valence-electron chi connectivity index (χ0n) is 12.6.